The van der Waals surface area contributed by atoms with Gasteiger partial charge in [0.05, 0.1) is 13.7 Å². The molecule has 140 valence electrons. The molecule has 1 atom stereocenters. The molecule has 0 aromatic heterocycles. The summed E-state index contributed by atoms with van der Waals surface area (Å²) >= 11 is 0. The lowest BCUT2D eigenvalue weighted by Crippen LogP contribution is -2.34. The third-order valence-corrected chi connectivity index (χ3v) is 4.94. The van der Waals surface area contributed by atoms with Crippen molar-refractivity contribution in [2.45, 2.75) is 32.4 Å². The van der Waals surface area contributed by atoms with E-state index in [1.807, 2.05) is 19.1 Å². The largest absolute Gasteiger partial charge is 0.497 e. The number of benzene rings is 2. The van der Waals surface area contributed by atoms with Crippen LogP contribution < -0.4 is 14.8 Å². The van der Waals surface area contributed by atoms with E-state index in [2.05, 4.69) is 46.6 Å². The van der Waals surface area contributed by atoms with Gasteiger partial charge in [-0.2, -0.15) is 0 Å². The Hall–Kier alpha value is -2.04. The second kappa shape index (κ2) is 9.60. The zero-order chi connectivity index (χ0) is 18.2. The molecule has 26 heavy (non-hydrogen) atoms. The lowest BCUT2D eigenvalue weighted by molar-refractivity contribution is 0.238. The van der Waals surface area contributed by atoms with E-state index in [1.165, 1.54) is 37.1 Å². The molecular weight excluding hydrogens is 324 g/mol. The molecule has 0 aliphatic carbocycles. The van der Waals surface area contributed by atoms with Crippen molar-refractivity contribution in [2.24, 2.45) is 0 Å². The highest BCUT2D eigenvalue weighted by Gasteiger charge is 2.23. The molecule has 1 N–H and O–H groups in total. The monoisotopic (exact) mass is 354 g/mol. The minimum absolute atomic E-state index is 0.377. The summed E-state index contributed by atoms with van der Waals surface area (Å²) < 4.78 is 11.0. The van der Waals surface area contributed by atoms with Crippen LogP contribution in [-0.4, -0.2) is 38.3 Å². The summed E-state index contributed by atoms with van der Waals surface area (Å²) in [6.07, 6.45) is 2.58. The summed E-state index contributed by atoms with van der Waals surface area (Å²) in [7, 11) is 1.73. The van der Waals surface area contributed by atoms with Gasteiger partial charge in [-0.05, 0) is 68.2 Å². The number of ether oxygens (including phenoxy) is 2. The molecule has 1 heterocycles. The van der Waals surface area contributed by atoms with Crippen LogP contribution in [0.25, 0.3) is 0 Å². The predicted molar refractivity (Wildman–Crippen MR) is 106 cm³/mol. The summed E-state index contributed by atoms with van der Waals surface area (Å²) in [5, 5.41) is 3.65. The van der Waals surface area contributed by atoms with Crippen molar-refractivity contribution in [1.29, 1.82) is 0 Å². The van der Waals surface area contributed by atoms with E-state index in [0.717, 1.165) is 24.6 Å². The van der Waals surface area contributed by atoms with Crippen LogP contribution in [0.2, 0.25) is 0 Å². The first-order valence-corrected chi connectivity index (χ1v) is 9.60. The Morgan fingerprint density at radius 3 is 2.58 bits per heavy atom. The summed E-state index contributed by atoms with van der Waals surface area (Å²) in [5.41, 5.74) is 2.57. The van der Waals surface area contributed by atoms with Gasteiger partial charge in [0.1, 0.15) is 11.5 Å². The summed E-state index contributed by atoms with van der Waals surface area (Å²) in [6.45, 7) is 6.82. The Morgan fingerprint density at radius 1 is 1.04 bits per heavy atom. The summed E-state index contributed by atoms with van der Waals surface area (Å²) in [6, 6.07) is 17.2. The van der Waals surface area contributed by atoms with Gasteiger partial charge < -0.3 is 14.8 Å². The lowest BCUT2D eigenvalue weighted by Gasteiger charge is -2.28. The normalized spacial score (nSPS) is 15.8. The van der Waals surface area contributed by atoms with E-state index < -0.39 is 0 Å². The Morgan fingerprint density at radius 2 is 1.81 bits per heavy atom. The molecule has 3 rings (SSSR count). The second-order valence-corrected chi connectivity index (χ2v) is 6.75. The van der Waals surface area contributed by atoms with Crippen molar-refractivity contribution in [3.05, 3.63) is 59.7 Å². The molecule has 0 unspecified atom stereocenters. The number of hydrogen-bond donors (Lipinski definition) is 1. The second-order valence-electron chi connectivity index (χ2n) is 6.75. The molecular formula is C22H30N2O2. The van der Waals surface area contributed by atoms with Crippen molar-refractivity contribution in [3.63, 3.8) is 0 Å². The highest BCUT2D eigenvalue weighted by molar-refractivity contribution is 5.31. The molecule has 0 saturated carbocycles. The SMILES string of the molecule is CCOc1cccc(CNC[C@@H](c2cccc(OC)c2)N2CCCC2)c1. The van der Waals surface area contributed by atoms with E-state index in [9.17, 15) is 0 Å². The predicted octanol–water partition coefficient (Wildman–Crippen LogP) is 4.02. The zero-order valence-corrected chi connectivity index (χ0v) is 15.9. The lowest BCUT2D eigenvalue weighted by atomic mass is 10.0. The maximum Gasteiger partial charge on any atom is 0.119 e. The molecule has 0 spiro atoms. The van der Waals surface area contributed by atoms with Gasteiger partial charge in [-0.3, -0.25) is 4.90 Å². The van der Waals surface area contributed by atoms with Gasteiger partial charge in [0.2, 0.25) is 0 Å². The Kier molecular flexibility index (Phi) is 6.92. The van der Waals surface area contributed by atoms with Gasteiger partial charge >= 0.3 is 0 Å². The van der Waals surface area contributed by atoms with Gasteiger partial charge in [-0.15, -0.1) is 0 Å². The third-order valence-electron chi connectivity index (χ3n) is 4.94. The Balaban J connectivity index is 1.65. The van der Waals surface area contributed by atoms with Crippen molar-refractivity contribution in [1.82, 2.24) is 10.2 Å². The van der Waals surface area contributed by atoms with Crippen molar-refractivity contribution >= 4 is 0 Å². The topological polar surface area (TPSA) is 33.7 Å². The molecule has 2 aromatic carbocycles. The highest BCUT2D eigenvalue weighted by Crippen LogP contribution is 2.27. The average molecular weight is 354 g/mol. The third kappa shape index (κ3) is 4.99. The van der Waals surface area contributed by atoms with Crippen LogP contribution >= 0.6 is 0 Å². The fraction of sp³-hybridized carbons (Fsp3) is 0.455. The van der Waals surface area contributed by atoms with Crippen LogP contribution in [0.1, 0.15) is 36.9 Å². The molecule has 0 radical (unpaired) electrons. The fourth-order valence-corrected chi connectivity index (χ4v) is 3.62. The van der Waals surface area contributed by atoms with Crippen LogP contribution in [0, 0.1) is 0 Å². The average Bonchev–Trinajstić information content (AvgIpc) is 3.20. The molecule has 1 aliphatic heterocycles. The minimum Gasteiger partial charge on any atom is -0.497 e. The molecule has 2 aromatic rings. The summed E-state index contributed by atoms with van der Waals surface area (Å²) in [5.74, 6) is 1.87. The number of nitrogens with one attached hydrogen (secondary N) is 1. The minimum atomic E-state index is 0.377. The van der Waals surface area contributed by atoms with Crippen LogP contribution in [0.4, 0.5) is 0 Å². The first kappa shape index (κ1) is 18.7. The van der Waals surface area contributed by atoms with Crippen molar-refractivity contribution < 1.29 is 9.47 Å². The first-order chi connectivity index (χ1) is 12.8. The van der Waals surface area contributed by atoms with Crippen LogP contribution in [0.3, 0.4) is 0 Å². The molecule has 4 heteroatoms. The molecule has 1 saturated heterocycles. The Bertz CT molecular complexity index is 683. The first-order valence-electron chi connectivity index (χ1n) is 9.60. The van der Waals surface area contributed by atoms with Crippen molar-refractivity contribution in [2.75, 3.05) is 33.4 Å². The highest BCUT2D eigenvalue weighted by atomic mass is 16.5. The van der Waals surface area contributed by atoms with Crippen LogP contribution in [0.5, 0.6) is 11.5 Å². The van der Waals surface area contributed by atoms with Gasteiger partial charge in [-0.1, -0.05) is 24.3 Å². The van der Waals surface area contributed by atoms with Gasteiger partial charge in [-0.25, -0.2) is 0 Å². The zero-order valence-electron chi connectivity index (χ0n) is 15.9. The van der Waals surface area contributed by atoms with Gasteiger partial charge in [0.15, 0.2) is 0 Å². The molecule has 0 amide bonds. The molecule has 1 fully saturated rings. The van der Waals surface area contributed by atoms with E-state index in [1.54, 1.807) is 7.11 Å². The fourth-order valence-electron chi connectivity index (χ4n) is 3.62. The maximum absolute atomic E-state index is 5.60. The molecule has 0 bridgehead atoms. The quantitative estimate of drug-likeness (QED) is 0.737. The van der Waals surface area contributed by atoms with Crippen LogP contribution in [0.15, 0.2) is 48.5 Å². The van der Waals surface area contributed by atoms with Crippen molar-refractivity contribution in [3.8, 4) is 11.5 Å². The number of methoxy groups -OCH3 is 1. The Labute approximate surface area is 157 Å². The number of nitrogens with zero attached hydrogens (tertiary/aromatic N) is 1. The van der Waals surface area contributed by atoms with Crippen LogP contribution in [-0.2, 0) is 6.54 Å². The molecule has 4 nitrogen and oxygen atoms in total. The smallest absolute Gasteiger partial charge is 0.119 e. The summed E-state index contributed by atoms with van der Waals surface area (Å²) in [4.78, 5) is 2.58. The number of hydrogen-bond acceptors (Lipinski definition) is 4. The van der Waals surface area contributed by atoms with Gasteiger partial charge in [0.25, 0.3) is 0 Å². The number of likely N-dealkylation sites (tertiary alicyclic amines) is 1. The van der Waals surface area contributed by atoms with E-state index in [4.69, 9.17) is 9.47 Å². The standard InChI is InChI=1S/C22H30N2O2/c1-3-26-21-11-6-8-18(14-21)16-23-17-22(24-12-4-5-13-24)19-9-7-10-20(15-19)25-2/h6-11,14-15,22-23H,3-5,12-13,16-17H2,1-2H3/t22-/m0/s1. The molecule has 1 aliphatic rings. The van der Waals surface area contributed by atoms with E-state index in [0.29, 0.717) is 12.6 Å². The van der Waals surface area contributed by atoms with E-state index >= 15 is 0 Å². The van der Waals surface area contributed by atoms with Gasteiger partial charge in [0, 0.05) is 19.1 Å². The number of rotatable bonds is 9. The maximum atomic E-state index is 5.60. The van der Waals surface area contributed by atoms with E-state index in [-0.39, 0.29) is 0 Å².